The molecule has 0 saturated carbocycles. The van der Waals surface area contributed by atoms with Crippen LogP contribution in [0.3, 0.4) is 0 Å². The standard InChI is InChI=1S/C28H40N6O5/c1-7-19-8-10-21(11-9-19)32-15-20(12-22(32)35)27(38)31(6)16-23(36)33(13-17(2)3)24-25(29)34(14-18(4)5)28(39)30-26(24)37/h8-11,17-18,20H,7,12-16,29H2,1-6H3,(H,30,37,39)/t20-/m1/s1. The van der Waals surface area contributed by atoms with Gasteiger partial charge in [0.1, 0.15) is 5.82 Å². The minimum absolute atomic E-state index is 0.0284. The van der Waals surface area contributed by atoms with E-state index in [1.165, 1.54) is 21.4 Å². The van der Waals surface area contributed by atoms with Crippen LogP contribution in [-0.2, 0) is 27.3 Å². The van der Waals surface area contributed by atoms with E-state index < -0.39 is 23.1 Å². The fourth-order valence-corrected chi connectivity index (χ4v) is 4.78. The number of likely N-dealkylation sites (N-methyl/N-ethyl adjacent to an activating group) is 1. The third-order valence-corrected chi connectivity index (χ3v) is 6.76. The normalized spacial score (nSPS) is 15.3. The van der Waals surface area contributed by atoms with Gasteiger partial charge in [0.25, 0.3) is 5.56 Å². The van der Waals surface area contributed by atoms with Crippen LogP contribution in [0.15, 0.2) is 33.9 Å². The highest BCUT2D eigenvalue weighted by atomic mass is 16.2. The Labute approximate surface area is 228 Å². The number of carbonyl (C=O) groups is 3. The average molecular weight is 541 g/mol. The molecule has 1 aromatic carbocycles. The van der Waals surface area contributed by atoms with Gasteiger partial charge >= 0.3 is 5.69 Å². The predicted molar refractivity (Wildman–Crippen MR) is 152 cm³/mol. The topological polar surface area (TPSA) is 142 Å². The summed E-state index contributed by atoms with van der Waals surface area (Å²) in [7, 11) is 1.50. The summed E-state index contributed by atoms with van der Waals surface area (Å²) in [5.41, 5.74) is 6.66. The number of hydrogen-bond donors (Lipinski definition) is 2. The fraction of sp³-hybridized carbons (Fsp3) is 0.536. The zero-order valence-electron chi connectivity index (χ0n) is 23.7. The molecule has 1 aromatic heterocycles. The van der Waals surface area contributed by atoms with Gasteiger partial charge in [-0.05, 0) is 36.0 Å². The van der Waals surface area contributed by atoms with Gasteiger partial charge in [-0.1, -0.05) is 46.8 Å². The molecule has 0 unspecified atom stereocenters. The summed E-state index contributed by atoms with van der Waals surface area (Å²) in [5.74, 6) is -1.64. The highest BCUT2D eigenvalue weighted by molar-refractivity contribution is 6.02. The van der Waals surface area contributed by atoms with Gasteiger partial charge in [0.2, 0.25) is 17.7 Å². The minimum Gasteiger partial charge on any atom is -0.383 e. The molecule has 0 aliphatic carbocycles. The molecule has 0 spiro atoms. The zero-order chi connectivity index (χ0) is 29.0. The summed E-state index contributed by atoms with van der Waals surface area (Å²) in [6, 6.07) is 7.68. The molecule has 2 heterocycles. The molecule has 3 N–H and O–H groups in total. The number of aromatic nitrogens is 2. The Morgan fingerprint density at radius 2 is 1.72 bits per heavy atom. The summed E-state index contributed by atoms with van der Waals surface area (Å²) in [4.78, 5) is 71.1. The predicted octanol–water partition coefficient (Wildman–Crippen LogP) is 1.84. The largest absolute Gasteiger partial charge is 0.383 e. The van der Waals surface area contributed by atoms with Crippen molar-refractivity contribution in [3.05, 3.63) is 50.7 Å². The summed E-state index contributed by atoms with van der Waals surface area (Å²) in [6.07, 6.45) is 0.938. The number of amides is 3. The number of nitrogens with one attached hydrogen (secondary N) is 1. The molecular weight excluding hydrogens is 500 g/mol. The molecule has 0 radical (unpaired) electrons. The maximum atomic E-state index is 13.5. The van der Waals surface area contributed by atoms with Crippen LogP contribution < -0.4 is 26.8 Å². The number of aromatic amines is 1. The first kappa shape index (κ1) is 29.7. The number of nitrogen functional groups attached to an aromatic ring is 1. The van der Waals surface area contributed by atoms with Gasteiger partial charge in [-0.2, -0.15) is 0 Å². The van der Waals surface area contributed by atoms with Crippen LogP contribution in [0, 0.1) is 17.8 Å². The van der Waals surface area contributed by atoms with Gasteiger partial charge < -0.3 is 20.4 Å². The quantitative estimate of drug-likeness (QED) is 0.471. The molecule has 11 nitrogen and oxygen atoms in total. The molecule has 212 valence electrons. The van der Waals surface area contributed by atoms with E-state index >= 15 is 0 Å². The van der Waals surface area contributed by atoms with Crippen LogP contribution in [0.25, 0.3) is 0 Å². The highest BCUT2D eigenvalue weighted by Gasteiger charge is 2.37. The molecule has 2 aromatic rings. The lowest BCUT2D eigenvalue weighted by molar-refractivity contribution is -0.137. The van der Waals surface area contributed by atoms with E-state index in [2.05, 4.69) is 11.9 Å². The number of carbonyl (C=O) groups excluding carboxylic acids is 3. The van der Waals surface area contributed by atoms with Crippen molar-refractivity contribution < 1.29 is 14.4 Å². The van der Waals surface area contributed by atoms with Crippen molar-refractivity contribution in [2.75, 3.05) is 42.2 Å². The Morgan fingerprint density at radius 3 is 2.28 bits per heavy atom. The van der Waals surface area contributed by atoms with Crippen LogP contribution >= 0.6 is 0 Å². The molecule has 1 aliphatic heterocycles. The second-order valence-corrected chi connectivity index (χ2v) is 11.0. The van der Waals surface area contributed by atoms with Gasteiger partial charge in [-0.25, -0.2) is 4.79 Å². The minimum atomic E-state index is -0.758. The van der Waals surface area contributed by atoms with Crippen molar-refractivity contribution in [2.24, 2.45) is 17.8 Å². The molecule has 1 fully saturated rings. The third kappa shape index (κ3) is 6.76. The molecule has 1 atom stereocenters. The molecule has 11 heteroatoms. The van der Waals surface area contributed by atoms with E-state index in [0.717, 1.165) is 17.7 Å². The van der Waals surface area contributed by atoms with Crippen LogP contribution in [0.4, 0.5) is 17.2 Å². The van der Waals surface area contributed by atoms with Crippen molar-refractivity contribution in [3.63, 3.8) is 0 Å². The van der Waals surface area contributed by atoms with Gasteiger partial charge in [0.15, 0.2) is 5.69 Å². The number of H-pyrrole nitrogens is 1. The highest BCUT2D eigenvalue weighted by Crippen LogP contribution is 2.27. The number of anilines is 3. The lowest BCUT2D eigenvalue weighted by atomic mass is 10.1. The molecule has 3 amide bonds. The van der Waals surface area contributed by atoms with Gasteiger partial charge in [-0.15, -0.1) is 0 Å². The van der Waals surface area contributed by atoms with E-state index in [1.54, 1.807) is 4.90 Å². The number of benzene rings is 1. The average Bonchev–Trinajstić information content (AvgIpc) is 3.26. The van der Waals surface area contributed by atoms with Crippen LogP contribution in [0.2, 0.25) is 0 Å². The first-order valence-corrected chi connectivity index (χ1v) is 13.4. The van der Waals surface area contributed by atoms with Crippen LogP contribution in [-0.4, -0.2) is 58.9 Å². The Bertz CT molecular complexity index is 1330. The second-order valence-electron chi connectivity index (χ2n) is 11.0. The van der Waals surface area contributed by atoms with Crippen LogP contribution in [0.1, 0.15) is 46.6 Å². The molecule has 0 bridgehead atoms. The summed E-state index contributed by atoms with van der Waals surface area (Å²) < 4.78 is 1.25. The first-order chi connectivity index (χ1) is 18.3. The van der Waals surface area contributed by atoms with Crippen molar-refractivity contribution in [3.8, 4) is 0 Å². The van der Waals surface area contributed by atoms with Crippen LogP contribution in [0.5, 0.6) is 0 Å². The Morgan fingerprint density at radius 1 is 1.08 bits per heavy atom. The van der Waals surface area contributed by atoms with Gasteiger partial charge in [0, 0.05) is 38.8 Å². The number of nitrogens with two attached hydrogens (primary N) is 1. The molecule has 1 aliphatic rings. The molecule has 39 heavy (non-hydrogen) atoms. The summed E-state index contributed by atoms with van der Waals surface area (Å²) >= 11 is 0. The maximum Gasteiger partial charge on any atom is 0.330 e. The molecule has 3 rings (SSSR count). The number of aryl methyl sites for hydroxylation is 1. The Kier molecular flexibility index (Phi) is 9.36. The second kappa shape index (κ2) is 12.3. The zero-order valence-corrected chi connectivity index (χ0v) is 23.7. The smallest absolute Gasteiger partial charge is 0.330 e. The van der Waals surface area contributed by atoms with E-state index in [0.29, 0.717) is 0 Å². The first-order valence-electron chi connectivity index (χ1n) is 13.4. The monoisotopic (exact) mass is 540 g/mol. The molecular formula is C28H40N6O5. The van der Waals surface area contributed by atoms with E-state index in [-0.39, 0.29) is 67.8 Å². The van der Waals surface area contributed by atoms with Crippen molar-refractivity contribution in [2.45, 2.75) is 54.0 Å². The van der Waals surface area contributed by atoms with Crippen molar-refractivity contribution in [1.82, 2.24) is 14.5 Å². The number of rotatable bonds is 10. The lowest BCUT2D eigenvalue weighted by Gasteiger charge is -2.29. The van der Waals surface area contributed by atoms with Gasteiger partial charge in [-0.3, -0.25) is 28.7 Å². The lowest BCUT2D eigenvalue weighted by Crippen LogP contribution is -2.48. The van der Waals surface area contributed by atoms with E-state index in [9.17, 15) is 24.0 Å². The summed E-state index contributed by atoms with van der Waals surface area (Å²) in [6.45, 7) is 9.98. The SMILES string of the molecule is CCc1ccc(N2C[C@H](C(=O)N(C)CC(=O)N(CC(C)C)c3c(N)n(CC(C)C)c(=O)[nH]c3=O)CC2=O)cc1. The number of hydrogen-bond acceptors (Lipinski definition) is 6. The molecule has 1 saturated heterocycles. The number of nitrogens with zero attached hydrogens (tertiary/aromatic N) is 4. The third-order valence-electron chi connectivity index (χ3n) is 6.76. The fourth-order valence-electron chi connectivity index (χ4n) is 4.78. The maximum absolute atomic E-state index is 13.5. The summed E-state index contributed by atoms with van der Waals surface area (Å²) in [5, 5.41) is 0. The van der Waals surface area contributed by atoms with E-state index in [4.69, 9.17) is 5.73 Å². The Balaban J connectivity index is 1.80. The van der Waals surface area contributed by atoms with Crippen molar-refractivity contribution >= 4 is 34.9 Å². The van der Waals surface area contributed by atoms with Gasteiger partial charge in [0.05, 0.1) is 12.5 Å². The van der Waals surface area contributed by atoms with E-state index in [1.807, 2.05) is 52.0 Å². The van der Waals surface area contributed by atoms with Crippen molar-refractivity contribution in [1.29, 1.82) is 0 Å². The Hall–Kier alpha value is -3.89.